The number of hydrogen-bond donors (Lipinski definition) is 2. The monoisotopic (exact) mass is 408 g/mol. The minimum atomic E-state index is -1.72. The van der Waals surface area contributed by atoms with Crippen molar-refractivity contribution in [3.05, 3.63) is 76.6 Å². The van der Waals surface area contributed by atoms with Crippen molar-refractivity contribution in [2.24, 2.45) is 0 Å². The van der Waals surface area contributed by atoms with Gasteiger partial charge in [-0.3, -0.25) is 4.68 Å². The Morgan fingerprint density at radius 2 is 1.79 bits per heavy atom. The van der Waals surface area contributed by atoms with Gasteiger partial charge in [-0.2, -0.15) is 5.10 Å². The normalized spacial score (nSPS) is 10.8. The van der Waals surface area contributed by atoms with Gasteiger partial charge in [0.25, 0.3) is 0 Å². The summed E-state index contributed by atoms with van der Waals surface area (Å²) in [6.45, 7) is 3.49. The van der Waals surface area contributed by atoms with Crippen LogP contribution in [0.5, 0.6) is 0 Å². The average Bonchev–Trinajstić information content (AvgIpc) is 3.07. The molecule has 3 rings (SSSR count). The van der Waals surface area contributed by atoms with Crippen LogP contribution in [-0.2, 0) is 6.54 Å². The van der Waals surface area contributed by atoms with Gasteiger partial charge >= 0.3 is 0 Å². The molecule has 0 saturated heterocycles. The molecule has 0 atom stereocenters. The number of thiocarbonyl (C=S) groups is 1. The van der Waals surface area contributed by atoms with Crippen molar-refractivity contribution in [2.75, 3.05) is 10.6 Å². The molecule has 28 heavy (non-hydrogen) atoms. The van der Waals surface area contributed by atoms with Crippen molar-refractivity contribution in [1.82, 2.24) is 9.78 Å². The average molecular weight is 408 g/mol. The van der Waals surface area contributed by atoms with Crippen LogP contribution in [0, 0.1) is 37.1 Å². The van der Waals surface area contributed by atoms with Gasteiger partial charge in [0.05, 0.1) is 18.4 Å². The molecule has 4 nitrogen and oxygen atoms in total. The third kappa shape index (κ3) is 4.30. The summed E-state index contributed by atoms with van der Waals surface area (Å²) in [6.07, 6.45) is 2.84. The summed E-state index contributed by atoms with van der Waals surface area (Å²) >= 11 is 5.26. The fourth-order valence-electron chi connectivity index (χ4n) is 2.58. The fraction of sp³-hybridized carbons (Fsp3) is 0.158. The molecule has 0 aliphatic rings. The van der Waals surface area contributed by atoms with Crippen molar-refractivity contribution in [1.29, 1.82) is 0 Å². The molecule has 0 aliphatic carbocycles. The molecule has 0 spiro atoms. The van der Waals surface area contributed by atoms with Gasteiger partial charge in [-0.05, 0) is 43.3 Å². The zero-order valence-corrected chi connectivity index (χ0v) is 15.8. The smallest absolute Gasteiger partial charge is 0.194 e. The van der Waals surface area contributed by atoms with Crippen LogP contribution in [0.2, 0.25) is 0 Å². The third-order valence-electron chi connectivity index (χ3n) is 4.06. The summed E-state index contributed by atoms with van der Waals surface area (Å²) in [5.41, 5.74) is 2.76. The summed E-state index contributed by atoms with van der Waals surface area (Å²) in [7, 11) is 0. The Bertz CT molecular complexity index is 1050. The Labute approximate surface area is 164 Å². The van der Waals surface area contributed by atoms with E-state index in [1.807, 2.05) is 32.0 Å². The minimum absolute atomic E-state index is 0.304. The highest BCUT2D eigenvalue weighted by Crippen LogP contribution is 2.21. The Kier molecular flexibility index (Phi) is 5.64. The first kappa shape index (κ1) is 19.8. The zero-order chi connectivity index (χ0) is 20.4. The van der Waals surface area contributed by atoms with Gasteiger partial charge in [-0.25, -0.2) is 17.6 Å². The number of anilines is 2. The number of halogens is 4. The largest absolute Gasteiger partial charge is 0.332 e. The lowest BCUT2D eigenvalue weighted by Crippen LogP contribution is -2.19. The van der Waals surface area contributed by atoms with Crippen LogP contribution in [0.15, 0.2) is 36.7 Å². The van der Waals surface area contributed by atoms with Gasteiger partial charge in [-0.1, -0.05) is 12.1 Å². The Hall–Kier alpha value is -2.94. The molecule has 2 N–H and O–H groups in total. The van der Waals surface area contributed by atoms with Crippen molar-refractivity contribution in [3.63, 3.8) is 0 Å². The van der Waals surface area contributed by atoms with Gasteiger partial charge in [0.1, 0.15) is 5.82 Å². The number of rotatable bonds is 4. The van der Waals surface area contributed by atoms with E-state index in [1.54, 1.807) is 0 Å². The Morgan fingerprint density at radius 1 is 1.04 bits per heavy atom. The summed E-state index contributed by atoms with van der Waals surface area (Å²) < 4.78 is 55.1. The second-order valence-corrected chi connectivity index (χ2v) is 6.68. The van der Waals surface area contributed by atoms with Gasteiger partial charge in [0, 0.05) is 23.5 Å². The van der Waals surface area contributed by atoms with Gasteiger partial charge in [0.15, 0.2) is 22.6 Å². The Balaban J connectivity index is 1.70. The predicted molar refractivity (Wildman–Crippen MR) is 103 cm³/mol. The van der Waals surface area contributed by atoms with E-state index in [4.69, 9.17) is 12.2 Å². The standard InChI is InChI=1S/C19H16F4N4S/c1-10-3-4-11(2)16(5-10)26-19(28)25-12-7-24-27(8-12)9-13-14(20)6-15(21)18(23)17(13)22/h3-8H,9H2,1-2H3,(H2,25,26,28). The number of benzene rings is 2. The molecule has 9 heteroatoms. The topological polar surface area (TPSA) is 41.9 Å². The van der Waals surface area contributed by atoms with Crippen molar-refractivity contribution in [3.8, 4) is 0 Å². The summed E-state index contributed by atoms with van der Waals surface area (Å²) in [5.74, 6) is -6.06. The van der Waals surface area contributed by atoms with Crippen LogP contribution in [-0.4, -0.2) is 14.9 Å². The van der Waals surface area contributed by atoms with Crippen molar-refractivity contribution < 1.29 is 17.6 Å². The lowest BCUT2D eigenvalue weighted by atomic mass is 10.1. The molecule has 0 radical (unpaired) electrons. The second-order valence-electron chi connectivity index (χ2n) is 6.27. The summed E-state index contributed by atoms with van der Waals surface area (Å²) in [6, 6.07) is 6.20. The Morgan fingerprint density at radius 3 is 2.54 bits per heavy atom. The van der Waals surface area contributed by atoms with E-state index >= 15 is 0 Å². The van der Waals surface area contributed by atoms with Gasteiger partial charge in [-0.15, -0.1) is 0 Å². The lowest BCUT2D eigenvalue weighted by molar-refractivity contribution is 0.420. The van der Waals surface area contributed by atoms with E-state index in [1.165, 1.54) is 17.1 Å². The zero-order valence-electron chi connectivity index (χ0n) is 15.0. The van der Waals surface area contributed by atoms with Gasteiger partial charge < -0.3 is 10.6 Å². The maximum atomic E-state index is 13.8. The molecular weight excluding hydrogens is 392 g/mol. The molecule has 0 bridgehead atoms. The first-order valence-corrected chi connectivity index (χ1v) is 8.65. The molecule has 0 saturated carbocycles. The van der Waals surface area contributed by atoms with Crippen molar-refractivity contribution in [2.45, 2.75) is 20.4 Å². The molecule has 0 unspecified atom stereocenters. The highest BCUT2D eigenvalue weighted by atomic mass is 32.1. The number of nitrogens with one attached hydrogen (secondary N) is 2. The van der Waals surface area contributed by atoms with E-state index in [-0.39, 0.29) is 0 Å². The highest BCUT2D eigenvalue weighted by Gasteiger charge is 2.19. The van der Waals surface area contributed by atoms with Crippen LogP contribution in [0.4, 0.5) is 28.9 Å². The number of hydrogen-bond acceptors (Lipinski definition) is 2. The van der Waals surface area contributed by atoms with Crippen LogP contribution in [0.25, 0.3) is 0 Å². The predicted octanol–water partition coefficient (Wildman–Crippen LogP) is 4.91. The molecule has 146 valence electrons. The molecule has 0 amide bonds. The van der Waals surface area contributed by atoms with E-state index in [0.717, 1.165) is 16.8 Å². The summed E-state index contributed by atoms with van der Waals surface area (Å²) in [4.78, 5) is 0. The quantitative estimate of drug-likeness (QED) is 0.279. The van der Waals surface area contributed by atoms with Crippen LogP contribution in [0.1, 0.15) is 16.7 Å². The molecule has 1 aromatic heterocycles. The maximum absolute atomic E-state index is 13.8. The first-order valence-electron chi connectivity index (χ1n) is 8.24. The minimum Gasteiger partial charge on any atom is -0.332 e. The summed E-state index contributed by atoms with van der Waals surface area (Å²) in [5, 5.41) is 10.2. The van der Waals surface area contributed by atoms with Crippen molar-refractivity contribution >= 4 is 28.7 Å². The van der Waals surface area contributed by atoms with Gasteiger partial charge in [0.2, 0.25) is 0 Å². The van der Waals surface area contributed by atoms with Crippen LogP contribution < -0.4 is 10.6 Å². The third-order valence-corrected chi connectivity index (χ3v) is 4.27. The number of aromatic nitrogens is 2. The molecule has 3 aromatic rings. The molecule has 1 heterocycles. The molecular formula is C19H16F4N4S. The molecule has 2 aromatic carbocycles. The van der Waals surface area contributed by atoms with Crippen LogP contribution in [0.3, 0.4) is 0 Å². The lowest BCUT2D eigenvalue weighted by Gasteiger charge is -2.12. The van der Waals surface area contributed by atoms with E-state index in [9.17, 15) is 17.6 Å². The molecule has 0 fully saturated rings. The van der Waals surface area contributed by atoms with E-state index in [2.05, 4.69) is 15.7 Å². The fourth-order valence-corrected chi connectivity index (χ4v) is 2.81. The van der Waals surface area contributed by atoms with Crippen LogP contribution >= 0.6 is 12.2 Å². The highest BCUT2D eigenvalue weighted by molar-refractivity contribution is 7.80. The molecule has 0 aliphatic heterocycles. The number of aryl methyl sites for hydroxylation is 2. The number of nitrogens with zero attached hydrogens (tertiary/aromatic N) is 2. The SMILES string of the molecule is Cc1ccc(C)c(NC(=S)Nc2cnn(Cc3c(F)cc(F)c(F)c3F)c2)c1. The van der Waals surface area contributed by atoms with E-state index in [0.29, 0.717) is 16.9 Å². The first-order chi connectivity index (χ1) is 13.2. The maximum Gasteiger partial charge on any atom is 0.194 e. The van der Waals surface area contributed by atoms with E-state index < -0.39 is 35.4 Å². The second kappa shape index (κ2) is 7.97.